The second kappa shape index (κ2) is 6.88. The minimum Gasteiger partial charge on any atom is -0.506 e. The van der Waals surface area contributed by atoms with Gasteiger partial charge in [0.05, 0.1) is 5.69 Å². The van der Waals surface area contributed by atoms with Crippen molar-refractivity contribution in [2.75, 3.05) is 5.32 Å². The topological polar surface area (TPSA) is 75.4 Å². The van der Waals surface area contributed by atoms with Crippen LogP contribution in [-0.4, -0.2) is 11.0 Å². The van der Waals surface area contributed by atoms with Crippen molar-refractivity contribution < 1.29 is 14.3 Å². The third kappa shape index (κ3) is 3.69. The van der Waals surface area contributed by atoms with Crippen LogP contribution in [0.3, 0.4) is 0 Å². The Bertz CT molecular complexity index is 593. The number of hydrogen-bond acceptors (Lipinski definition) is 3. The first-order valence-electron chi connectivity index (χ1n) is 5.68. The Morgan fingerprint density at radius 1 is 1.20 bits per heavy atom. The highest BCUT2D eigenvalue weighted by molar-refractivity contribution is 5.96. The zero-order chi connectivity index (χ0) is 13.8. The maximum atomic E-state index is 13.0. The molecular formula is C14H14ClFN2O2. The number of phenolic OH excluding ortho intramolecular Hbond substituents is 1. The van der Waals surface area contributed by atoms with Crippen molar-refractivity contribution in [3.8, 4) is 5.75 Å². The first-order valence-corrected chi connectivity index (χ1v) is 5.68. The third-order valence-corrected chi connectivity index (χ3v) is 2.66. The molecule has 0 saturated heterocycles. The molecule has 0 bridgehead atoms. The van der Waals surface area contributed by atoms with E-state index in [2.05, 4.69) is 5.32 Å². The molecule has 0 aliphatic rings. The molecule has 1 atom stereocenters. The Balaban J connectivity index is 0.00000200. The molecular weight excluding hydrogens is 283 g/mol. The van der Waals surface area contributed by atoms with Gasteiger partial charge in [-0.1, -0.05) is 30.3 Å². The fourth-order valence-electron chi connectivity index (χ4n) is 1.63. The van der Waals surface area contributed by atoms with E-state index < -0.39 is 17.8 Å². The highest BCUT2D eigenvalue weighted by Gasteiger charge is 2.17. The lowest BCUT2D eigenvalue weighted by molar-refractivity contribution is -0.117. The number of carbonyl (C=O) groups is 1. The fraction of sp³-hybridized carbons (Fsp3) is 0.0714. The van der Waals surface area contributed by atoms with E-state index in [0.29, 0.717) is 5.56 Å². The molecule has 2 aromatic carbocycles. The standard InChI is InChI=1S/C14H13FN2O2.ClH/c15-10-6-7-12(18)11(8-10)17-14(19)13(16)9-4-2-1-3-5-9;/h1-8,13,18H,16H2,(H,17,19);1H. The summed E-state index contributed by atoms with van der Waals surface area (Å²) in [4.78, 5) is 11.9. The van der Waals surface area contributed by atoms with Crippen molar-refractivity contribution in [3.63, 3.8) is 0 Å². The molecule has 20 heavy (non-hydrogen) atoms. The van der Waals surface area contributed by atoms with Crippen LogP contribution in [-0.2, 0) is 4.79 Å². The minimum atomic E-state index is -0.885. The summed E-state index contributed by atoms with van der Waals surface area (Å²) in [5.41, 5.74) is 6.42. The van der Waals surface area contributed by atoms with Crippen molar-refractivity contribution in [2.24, 2.45) is 5.73 Å². The SMILES string of the molecule is Cl.NC(C(=O)Nc1cc(F)ccc1O)c1ccccc1. The zero-order valence-electron chi connectivity index (χ0n) is 10.4. The van der Waals surface area contributed by atoms with Crippen molar-refractivity contribution in [3.05, 3.63) is 59.9 Å². The van der Waals surface area contributed by atoms with Gasteiger partial charge in [0.15, 0.2) is 0 Å². The van der Waals surface area contributed by atoms with Crippen LogP contribution in [0.1, 0.15) is 11.6 Å². The predicted octanol–water partition coefficient (Wildman–Crippen LogP) is 2.59. The van der Waals surface area contributed by atoms with Crippen LogP contribution in [0, 0.1) is 5.82 Å². The van der Waals surface area contributed by atoms with E-state index in [1.54, 1.807) is 24.3 Å². The maximum Gasteiger partial charge on any atom is 0.245 e. The number of nitrogens with one attached hydrogen (secondary N) is 1. The van der Waals surface area contributed by atoms with E-state index in [4.69, 9.17) is 5.73 Å². The van der Waals surface area contributed by atoms with Gasteiger partial charge in [-0.15, -0.1) is 12.4 Å². The third-order valence-electron chi connectivity index (χ3n) is 2.66. The largest absolute Gasteiger partial charge is 0.506 e. The van der Waals surface area contributed by atoms with Gasteiger partial charge >= 0.3 is 0 Å². The minimum absolute atomic E-state index is 0. The molecule has 0 heterocycles. The highest BCUT2D eigenvalue weighted by atomic mass is 35.5. The molecule has 106 valence electrons. The van der Waals surface area contributed by atoms with Gasteiger partial charge in [0.1, 0.15) is 17.6 Å². The number of amides is 1. The number of nitrogens with two attached hydrogens (primary N) is 1. The van der Waals surface area contributed by atoms with Crippen molar-refractivity contribution in [2.45, 2.75) is 6.04 Å². The maximum absolute atomic E-state index is 13.0. The zero-order valence-corrected chi connectivity index (χ0v) is 11.2. The quantitative estimate of drug-likeness (QED) is 0.762. The van der Waals surface area contributed by atoms with Crippen LogP contribution in [0.25, 0.3) is 0 Å². The predicted molar refractivity (Wildman–Crippen MR) is 77.3 cm³/mol. The van der Waals surface area contributed by atoms with E-state index >= 15 is 0 Å². The number of halogens is 2. The van der Waals surface area contributed by atoms with Crippen molar-refractivity contribution in [1.82, 2.24) is 0 Å². The molecule has 0 fully saturated rings. The van der Waals surface area contributed by atoms with Gasteiger partial charge in [-0.3, -0.25) is 4.79 Å². The Morgan fingerprint density at radius 3 is 2.50 bits per heavy atom. The Kier molecular flexibility index (Phi) is 5.49. The molecule has 0 aromatic heterocycles. The van der Waals surface area contributed by atoms with Crippen LogP contribution in [0.5, 0.6) is 5.75 Å². The molecule has 6 heteroatoms. The molecule has 1 amide bonds. The fourth-order valence-corrected chi connectivity index (χ4v) is 1.63. The Labute approximate surface area is 121 Å². The van der Waals surface area contributed by atoms with E-state index in [1.807, 2.05) is 6.07 Å². The molecule has 2 aromatic rings. The van der Waals surface area contributed by atoms with Crippen LogP contribution in [0.2, 0.25) is 0 Å². The number of carbonyl (C=O) groups excluding carboxylic acids is 1. The summed E-state index contributed by atoms with van der Waals surface area (Å²) in [5, 5.41) is 11.9. The average molecular weight is 297 g/mol. The first-order chi connectivity index (χ1) is 9.08. The van der Waals surface area contributed by atoms with Crippen LogP contribution < -0.4 is 11.1 Å². The molecule has 0 aliphatic heterocycles. The number of hydrogen-bond donors (Lipinski definition) is 3. The lowest BCUT2D eigenvalue weighted by Crippen LogP contribution is -2.27. The Hall–Kier alpha value is -2.11. The summed E-state index contributed by atoms with van der Waals surface area (Å²) >= 11 is 0. The number of aromatic hydroxyl groups is 1. The average Bonchev–Trinajstić information content (AvgIpc) is 2.43. The first kappa shape index (κ1) is 15.9. The van der Waals surface area contributed by atoms with Gasteiger partial charge < -0.3 is 16.2 Å². The number of anilines is 1. The van der Waals surface area contributed by atoms with Gasteiger partial charge in [0.2, 0.25) is 5.91 Å². The van der Waals surface area contributed by atoms with Crippen molar-refractivity contribution >= 4 is 24.0 Å². The van der Waals surface area contributed by atoms with E-state index in [1.165, 1.54) is 6.07 Å². The molecule has 0 radical (unpaired) electrons. The van der Waals surface area contributed by atoms with E-state index in [-0.39, 0.29) is 23.8 Å². The number of phenols is 1. The molecule has 1 unspecified atom stereocenters. The summed E-state index contributed by atoms with van der Waals surface area (Å²) < 4.78 is 13.0. The van der Waals surface area contributed by atoms with E-state index in [9.17, 15) is 14.3 Å². The number of rotatable bonds is 3. The lowest BCUT2D eigenvalue weighted by Gasteiger charge is -2.13. The van der Waals surface area contributed by atoms with Crippen molar-refractivity contribution in [1.29, 1.82) is 0 Å². The van der Waals surface area contributed by atoms with Crippen LogP contribution in [0.4, 0.5) is 10.1 Å². The van der Waals surface area contributed by atoms with Crippen LogP contribution in [0.15, 0.2) is 48.5 Å². The molecule has 0 aliphatic carbocycles. The second-order valence-corrected chi connectivity index (χ2v) is 4.04. The van der Waals surface area contributed by atoms with Gasteiger partial charge in [0.25, 0.3) is 0 Å². The molecule has 4 N–H and O–H groups in total. The highest BCUT2D eigenvalue weighted by Crippen LogP contribution is 2.24. The number of benzene rings is 2. The normalized spacial score (nSPS) is 11.3. The summed E-state index contributed by atoms with van der Waals surface area (Å²) in [5.74, 6) is -1.29. The summed E-state index contributed by atoms with van der Waals surface area (Å²) in [6.45, 7) is 0. The summed E-state index contributed by atoms with van der Waals surface area (Å²) in [6, 6.07) is 11.2. The molecule has 4 nitrogen and oxygen atoms in total. The molecule has 2 rings (SSSR count). The summed E-state index contributed by atoms with van der Waals surface area (Å²) in [6.07, 6.45) is 0. The van der Waals surface area contributed by atoms with Crippen LogP contribution >= 0.6 is 12.4 Å². The smallest absolute Gasteiger partial charge is 0.245 e. The van der Waals surface area contributed by atoms with E-state index in [0.717, 1.165) is 12.1 Å². The van der Waals surface area contributed by atoms with Gasteiger partial charge in [-0.2, -0.15) is 0 Å². The van der Waals surface area contributed by atoms with Gasteiger partial charge in [0, 0.05) is 6.07 Å². The molecule has 0 saturated carbocycles. The Morgan fingerprint density at radius 2 is 1.85 bits per heavy atom. The lowest BCUT2D eigenvalue weighted by atomic mass is 10.1. The van der Waals surface area contributed by atoms with Gasteiger partial charge in [-0.25, -0.2) is 4.39 Å². The monoisotopic (exact) mass is 296 g/mol. The summed E-state index contributed by atoms with van der Waals surface area (Å²) in [7, 11) is 0. The second-order valence-electron chi connectivity index (χ2n) is 4.04. The van der Waals surface area contributed by atoms with Gasteiger partial charge in [-0.05, 0) is 17.7 Å². The molecule has 0 spiro atoms.